The van der Waals surface area contributed by atoms with Crippen LogP contribution in [0.4, 0.5) is 0 Å². The highest BCUT2D eigenvalue weighted by Crippen LogP contribution is 2.32. The topological polar surface area (TPSA) is 81.8 Å². The molecule has 5 rings (SSSR count). The number of oxazole rings is 1. The van der Waals surface area contributed by atoms with E-state index in [1.807, 2.05) is 85.8 Å². The molecule has 0 aliphatic rings. The first-order valence-corrected chi connectivity index (χ1v) is 13.2. The van der Waals surface area contributed by atoms with Gasteiger partial charge in [0, 0.05) is 18.4 Å². The van der Waals surface area contributed by atoms with Crippen LogP contribution in [-0.2, 0) is 17.6 Å². The molecular formula is C34H31NO5. The molecule has 40 heavy (non-hydrogen) atoms. The number of hydrogen-bond acceptors (Lipinski definition) is 5. The van der Waals surface area contributed by atoms with Crippen molar-refractivity contribution in [1.82, 2.24) is 4.98 Å². The molecule has 1 N–H and O–H groups in total. The SMILES string of the molecule is Cc1oc(-c2ccccc2-c2ccccc2)nc1CCOc1ccc(CC(C)(Oc2ccccc2)C(=O)O)cc1. The Hall–Kier alpha value is -4.84. The molecule has 0 aliphatic heterocycles. The number of aliphatic carboxylic acids is 1. The molecule has 0 bridgehead atoms. The minimum Gasteiger partial charge on any atom is -0.493 e. The second kappa shape index (κ2) is 11.9. The number of hydrogen-bond donors (Lipinski definition) is 1. The number of carboxylic acids is 1. The molecule has 4 aromatic carbocycles. The van der Waals surface area contributed by atoms with Crippen LogP contribution >= 0.6 is 0 Å². The van der Waals surface area contributed by atoms with Gasteiger partial charge in [-0.3, -0.25) is 0 Å². The predicted octanol–water partition coefficient (Wildman–Crippen LogP) is 7.40. The van der Waals surface area contributed by atoms with Crippen LogP contribution in [0.1, 0.15) is 23.9 Å². The van der Waals surface area contributed by atoms with Crippen LogP contribution in [0, 0.1) is 6.92 Å². The Morgan fingerprint density at radius 3 is 2.12 bits per heavy atom. The van der Waals surface area contributed by atoms with Gasteiger partial charge < -0.3 is 19.0 Å². The summed E-state index contributed by atoms with van der Waals surface area (Å²) < 4.78 is 17.9. The van der Waals surface area contributed by atoms with Gasteiger partial charge >= 0.3 is 5.97 Å². The van der Waals surface area contributed by atoms with E-state index in [2.05, 4.69) is 18.2 Å². The first-order valence-electron chi connectivity index (χ1n) is 13.2. The summed E-state index contributed by atoms with van der Waals surface area (Å²) >= 11 is 0. The fourth-order valence-electron chi connectivity index (χ4n) is 4.58. The molecular weight excluding hydrogens is 502 g/mol. The summed E-state index contributed by atoms with van der Waals surface area (Å²) in [4.78, 5) is 16.8. The summed E-state index contributed by atoms with van der Waals surface area (Å²) in [5, 5.41) is 9.84. The summed E-state index contributed by atoms with van der Waals surface area (Å²) in [6, 6.07) is 34.7. The molecule has 0 amide bonds. The Balaban J connectivity index is 1.21. The lowest BCUT2D eigenvalue weighted by molar-refractivity contribution is -0.153. The van der Waals surface area contributed by atoms with Gasteiger partial charge in [-0.1, -0.05) is 78.9 Å². The van der Waals surface area contributed by atoms with Crippen LogP contribution in [-0.4, -0.2) is 28.3 Å². The van der Waals surface area contributed by atoms with E-state index in [0.29, 0.717) is 30.4 Å². The van der Waals surface area contributed by atoms with Crippen molar-refractivity contribution in [2.24, 2.45) is 0 Å². The zero-order valence-electron chi connectivity index (χ0n) is 22.5. The predicted molar refractivity (Wildman–Crippen MR) is 155 cm³/mol. The van der Waals surface area contributed by atoms with E-state index in [1.54, 1.807) is 19.1 Å². The number of benzene rings is 4. The van der Waals surface area contributed by atoms with Crippen molar-refractivity contribution in [3.63, 3.8) is 0 Å². The third-order valence-corrected chi connectivity index (χ3v) is 6.75. The monoisotopic (exact) mass is 533 g/mol. The fraction of sp³-hybridized carbons (Fsp3) is 0.176. The lowest BCUT2D eigenvalue weighted by Crippen LogP contribution is -2.43. The molecule has 5 aromatic rings. The second-order valence-electron chi connectivity index (χ2n) is 9.80. The number of para-hydroxylation sites is 1. The van der Waals surface area contributed by atoms with Crippen LogP contribution in [0.25, 0.3) is 22.6 Å². The Morgan fingerprint density at radius 1 is 0.825 bits per heavy atom. The van der Waals surface area contributed by atoms with Gasteiger partial charge in [-0.15, -0.1) is 0 Å². The molecule has 0 saturated carbocycles. The smallest absolute Gasteiger partial charge is 0.348 e. The molecule has 0 spiro atoms. The van der Waals surface area contributed by atoms with Crippen LogP contribution in [0.5, 0.6) is 11.5 Å². The molecule has 6 heteroatoms. The minimum atomic E-state index is -1.40. The van der Waals surface area contributed by atoms with Gasteiger partial charge in [0.2, 0.25) is 11.5 Å². The number of carboxylic acid groups (broad SMARTS) is 1. The van der Waals surface area contributed by atoms with E-state index in [9.17, 15) is 9.90 Å². The van der Waals surface area contributed by atoms with Gasteiger partial charge in [0.05, 0.1) is 12.3 Å². The van der Waals surface area contributed by atoms with E-state index >= 15 is 0 Å². The highest BCUT2D eigenvalue weighted by molar-refractivity contribution is 5.80. The molecule has 202 valence electrons. The Labute approximate surface area is 233 Å². The summed E-state index contributed by atoms with van der Waals surface area (Å²) in [6.45, 7) is 3.93. The number of rotatable bonds is 11. The van der Waals surface area contributed by atoms with Gasteiger partial charge in [-0.05, 0) is 60.9 Å². The molecule has 1 aromatic heterocycles. The van der Waals surface area contributed by atoms with Crippen molar-refractivity contribution in [1.29, 1.82) is 0 Å². The maximum absolute atomic E-state index is 12.0. The quantitative estimate of drug-likeness (QED) is 0.190. The third-order valence-electron chi connectivity index (χ3n) is 6.75. The van der Waals surface area contributed by atoms with E-state index < -0.39 is 11.6 Å². The Morgan fingerprint density at radius 2 is 1.45 bits per heavy atom. The van der Waals surface area contributed by atoms with E-state index in [4.69, 9.17) is 18.9 Å². The standard InChI is InChI=1S/C34H31NO5/c1-24-31(35-32(39-24)30-16-10-9-15-29(30)26-11-5-3-6-12-26)21-22-38-27-19-17-25(18-20-27)23-34(2,33(36)37)40-28-13-7-4-8-14-28/h3-20H,21-23H2,1-2H3,(H,36,37). The average Bonchev–Trinajstić information content (AvgIpc) is 3.35. The maximum atomic E-state index is 12.0. The van der Waals surface area contributed by atoms with Gasteiger partial charge in [0.1, 0.15) is 17.3 Å². The molecule has 1 atom stereocenters. The van der Waals surface area contributed by atoms with Crippen LogP contribution < -0.4 is 9.47 Å². The molecule has 0 saturated heterocycles. The van der Waals surface area contributed by atoms with Crippen molar-refractivity contribution < 1.29 is 23.8 Å². The molecule has 0 fully saturated rings. The zero-order chi connectivity index (χ0) is 28.0. The fourth-order valence-corrected chi connectivity index (χ4v) is 4.58. The molecule has 1 heterocycles. The van der Waals surface area contributed by atoms with Gasteiger partial charge in [-0.25, -0.2) is 9.78 Å². The number of aryl methyl sites for hydroxylation is 1. The number of ether oxygens (including phenoxy) is 2. The van der Waals surface area contributed by atoms with Gasteiger partial charge in [-0.2, -0.15) is 0 Å². The lowest BCUT2D eigenvalue weighted by Gasteiger charge is -2.26. The normalized spacial score (nSPS) is 12.4. The second-order valence-corrected chi connectivity index (χ2v) is 9.80. The first kappa shape index (κ1) is 26.8. The van der Waals surface area contributed by atoms with E-state index in [1.165, 1.54) is 0 Å². The highest BCUT2D eigenvalue weighted by atomic mass is 16.5. The summed E-state index contributed by atoms with van der Waals surface area (Å²) in [6.07, 6.45) is 0.801. The van der Waals surface area contributed by atoms with Crippen LogP contribution in [0.3, 0.4) is 0 Å². The summed E-state index contributed by atoms with van der Waals surface area (Å²) in [5.74, 6) is 1.55. The summed E-state index contributed by atoms with van der Waals surface area (Å²) in [7, 11) is 0. The molecule has 6 nitrogen and oxygen atoms in total. The van der Waals surface area contributed by atoms with Crippen LogP contribution in [0.2, 0.25) is 0 Å². The lowest BCUT2D eigenvalue weighted by atomic mass is 9.96. The first-order chi connectivity index (χ1) is 19.4. The number of carbonyl (C=O) groups is 1. The number of aromatic nitrogens is 1. The highest BCUT2D eigenvalue weighted by Gasteiger charge is 2.36. The van der Waals surface area contributed by atoms with Crippen molar-refractivity contribution in [3.05, 3.63) is 126 Å². The van der Waals surface area contributed by atoms with Crippen molar-refractivity contribution >= 4 is 5.97 Å². The average molecular weight is 534 g/mol. The van der Waals surface area contributed by atoms with Gasteiger partial charge in [0.15, 0.2) is 0 Å². The third kappa shape index (κ3) is 6.24. The molecule has 0 aliphatic carbocycles. The van der Waals surface area contributed by atoms with Crippen LogP contribution in [0.15, 0.2) is 114 Å². The van der Waals surface area contributed by atoms with Crippen molar-refractivity contribution in [2.45, 2.75) is 32.3 Å². The molecule has 0 radical (unpaired) electrons. The molecule has 1 unspecified atom stereocenters. The summed E-state index contributed by atoms with van der Waals surface area (Å²) in [5.41, 5.74) is 3.42. The zero-order valence-corrected chi connectivity index (χ0v) is 22.5. The van der Waals surface area contributed by atoms with Crippen molar-refractivity contribution in [2.75, 3.05) is 6.61 Å². The Bertz CT molecular complexity index is 1560. The largest absolute Gasteiger partial charge is 0.493 e. The number of nitrogens with zero attached hydrogens (tertiary/aromatic N) is 1. The maximum Gasteiger partial charge on any atom is 0.348 e. The van der Waals surface area contributed by atoms with Crippen molar-refractivity contribution in [3.8, 4) is 34.1 Å². The van der Waals surface area contributed by atoms with E-state index in [-0.39, 0.29) is 6.42 Å². The van der Waals surface area contributed by atoms with Gasteiger partial charge in [0.25, 0.3) is 0 Å². The Kier molecular flexibility index (Phi) is 7.97. The minimum absolute atomic E-state index is 0.211. The van der Waals surface area contributed by atoms with E-state index in [0.717, 1.165) is 33.7 Å².